The fraction of sp³-hybridized carbons (Fsp3) is 0.273. The summed E-state index contributed by atoms with van der Waals surface area (Å²) in [6, 6.07) is 10.9. The minimum Gasteiger partial charge on any atom is -0.358 e. The van der Waals surface area contributed by atoms with Gasteiger partial charge in [0.25, 0.3) is 0 Å². The first kappa shape index (κ1) is 22.9. The van der Waals surface area contributed by atoms with Gasteiger partial charge in [-0.25, -0.2) is 0 Å². The van der Waals surface area contributed by atoms with Gasteiger partial charge in [-0.15, -0.1) is 11.8 Å². The van der Waals surface area contributed by atoms with E-state index in [9.17, 15) is 23.2 Å². The summed E-state index contributed by atoms with van der Waals surface area (Å²) in [5.41, 5.74) is 1.25. The normalized spacial score (nSPS) is 15.4. The minimum atomic E-state index is -4.48. The molecule has 0 bridgehead atoms. The predicted octanol–water partition coefficient (Wildman–Crippen LogP) is 5.39. The number of carbonyl (C=O) groups excluding carboxylic acids is 1. The summed E-state index contributed by atoms with van der Waals surface area (Å²) in [5, 5.41) is 23.5. The first-order valence-corrected chi connectivity index (χ1v) is 10.6. The van der Waals surface area contributed by atoms with Crippen LogP contribution in [0.5, 0.6) is 0 Å². The number of ketones is 1. The van der Waals surface area contributed by atoms with E-state index in [4.69, 9.17) is 5.26 Å². The molecule has 3 rings (SSSR count). The number of benzene rings is 2. The Morgan fingerprint density at radius 2 is 1.97 bits per heavy atom. The number of nitriles is 1. The first-order valence-electron chi connectivity index (χ1n) is 9.36. The fourth-order valence-corrected chi connectivity index (χ4v) is 4.28. The second-order valence-electron chi connectivity index (χ2n) is 7.06. The number of Topliss-reactive ketones (excluding diaryl/α,β-unsaturated/α-hetero) is 1. The first-order chi connectivity index (χ1) is 14.7. The second kappa shape index (κ2) is 9.14. The molecule has 2 N–H and O–H groups in total. The van der Waals surface area contributed by atoms with E-state index in [0.717, 1.165) is 22.1 Å². The molecule has 0 heterocycles. The molecule has 0 radical (unpaired) electrons. The predicted molar refractivity (Wildman–Crippen MR) is 112 cm³/mol. The Labute approximate surface area is 182 Å². The molecule has 1 aliphatic carbocycles. The molecule has 31 heavy (non-hydrogen) atoms. The molecular formula is C22H20F3N3O2S. The number of anilines is 1. The van der Waals surface area contributed by atoms with Crippen LogP contribution in [0, 0.1) is 11.3 Å². The summed E-state index contributed by atoms with van der Waals surface area (Å²) in [5.74, 6) is -0.197. The van der Waals surface area contributed by atoms with E-state index < -0.39 is 17.8 Å². The van der Waals surface area contributed by atoms with E-state index in [1.54, 1.807) is 18.2 Å². The highest BCUT2D eigenvalue weighted by Gasteiger charge is 2.35. The summed E-state index contributed by atoms with van der Waals surface area (Å²) in [6.45, 7) is 0. The number of hydroxylamine groups is 2. The number of nitrogens with one attached hydrogen (secondary N) is 1. The van der Waals surface area contributed by atoms with E-state index in [0.29, 0.717) is 28.8 Å². The number of allylic oxidation sites excluding steroid dienone is 1. The fourth-order valence-electron chi connectivity index (χ4n) is 3.62. The zero-order valence-electron chi connectivity index (χ0n) is 16.8. The van der Waals surface area contributed by atoms with E-state index in [2.05, 4.69) is 11.4 Å². The Morgan fingerprint density at radius 3 is 2.58 bits per heavy atom. The molecule has 5 nitrogen and oxygen atoms in total. The number of carbonyl (C=O) groups is 1. The molecule has 0 amide bonds. The Morgan fingerprint density at radius 1 is 1.23 bits per heavy atom. The van der Waals surface area contributed by atoms with Crippen molar-refractivity contribution in [2.24, 2.45) is 0 Å². The van der Waals surface area contributed by atoms with Crippen LogP contribution in [0.4, 0.5) is 18.9 Å². The average molecular weight is 447 g/mol. The molecule has 0 aromatic heterocycles. The number of hydrogen-bond acceptors (Lipinski definition) is 6. The van der Waals surface area contributed by atoms with Crippen molar-refractivity contribution in [2.45, 2.75) is 30.0 Å². The van der Waals surface area contributed by atoms with Crippen molar-refractivity contribution >= 4 is 23.2 Å². The van der Waals surface area contributed by atoms with E-state index in [1.807, 2.05) is 6.26 Å². The van der Waals surface area contributed by atoms with Crippen molar-refractivity contribution in [3.63, 3.8) is 0 Å². The van der Waals surface area contributed by atoms with Crippen LogP contribution in [0.1, 0.15) is 35.6 Å². The van der Waals surface area contributed by atoms with Crippen LogP contribution < -0.4 is 5.32 Å². The van der Waals surface area contributed by atoms with E-state index in [-0.39, 0.29) is 17.9 Å². The van der Waals surface area contributed by atoms with Gasteiger partial charge in [0, 0.05) is 35.3 Å². The van der Waals surface area contributed by atoms with Crippen molar-refractivity contribution in [1.82, 2.24) is 5.06 Å². The van der Waals surface area contributed by atoms with Gasteiger partial charge in [0.15, 0.2) is 5.78 Å². The lowest BCUT2D eigenvalue weighted by Gasteiger charge is -2.27. The molecule has 2 aromatic carbocycles. The zero-order chi connectivity index (χ0) is 22.8. The van der Waals surface area contributed by atoms with Crippen LogP contribution in [0.2, 0.25) is 0 Å². The van der Waals surface area contributed by atoms with Gasteiger partial charge in [-0.2, -0.15) is 23.5 Å². The van der Waals surface area contributed by atoms with Gasteiger partial charge >= 0.3 is 6.18 Å². The molecule has 1 atom stereocenters. The lowest BCUT2D eigenvalue weighted by Crippen LogP contribution is -2.26. The molecule has 162 valence electrons. The standard InChI is InChI=1S/C22H20F3N3O2S/c1-28(30)21(16-7-6-13(12-26)10-19(16)31-2)20-17(8-9-18(20)29)27-15-5-3-4-14(11-15)22(23,24)25/h3-7,10-11,21,27,30H,8-9H2,1-2H3. The van der Waals surface area contributed by atoms with Crippen molar-refractivity contribution in [3.05, 3.63) is 70.4 Å². The summed E-state index contributed by atoms with van der Waals surface area (Å²) in [4.78, 5) is 13.5. The van der Waals surface area contributed by atoms with Gasteiger partial charge in [0.2, 0.25) is 0 Å². The number of thioether (sulfide) groups is 1. The highest BCUT2D eigenvalue weighted by atomic mass is 32.2. The smallest absolute Gasteiger partial charge is 0.358 e. The number of halogens is 3. The molecule has 0 saturated heterocycles. The van der Waals surface area contributed by atoms with Crippen LogP contribution in [0.15, 0.2) is 58.6 Å². The SMILES string of the molecule is CSc1cc(C#N)ccc1C(C1=C(Nc2cccc(C(F)(F)F)c2)CCC1=O)N(C)O. The molecule has 2 aromatic rings. The average Bonchev–Trinajstić information content (AvgIpc) is 3.07. The zero-order valence-corrected chi connectivity index (χ0v) is 17.6. The second-order valence-corrected chi connectivity index (χ2v) is 7.91. The Kier molecular flexibility index (Phi) is 6.74. The summed E-state index contributed by atoms with van der Waals surface area (Å²) >= 11 is 1.37. The van der Waals surface area contributed by atoms with Crippen LogP contribution in [-0.2, 0) is 11.0 Å². The molecule has 9 heteroatoms. The quantitative estimate of drug-likeness (QED) is 0.457. The molecular weight excluding hydrogens is 427 g/mol. The number of rotatable bonds is 6. The van der Waals surface area contributed by atoms with Gasteiger partial charge in [-0.05, 0) is 48.6 Å². The van der Waals surface area contributed by atoms with Crippen LogP contribution in [0.25, 0.3) is 0 Å². The molecule has 1 aliphatic rings. The highest BCUT2D eigenvalue weighted by molar-refractivity contribution is 7.98. The van der Waals surface area contributed by atoms with Crippen LogP contribution >= 0.6 is 11.8 Å². The molecule has 0 fully saturated rings. The van der Waals surface area contributed by atoms with Crippen molar-refractivity contribution in [1.29, 1.82) is 5.26 Å². The van der Waals surface area contributed by atoms with Gasteiger partial charge in [0.05, 0.1) is 23.2 Å². The third-order valence-electron chi connectivity index (χ3n) is 5.02. The highest BCUT2D eigenvalue weighted by Crippen LogP contribution is 2.40. The summed E-state index contributed by atoms with van der Waals surface area (Å²) < 4.78 is 39.2. The van der Waals surface area contributed by atoms with Gasteiger partial charge < -0.3 is 10.5 Å². The number of hydrogen-bond donors (Lipinski definition) is 2. The minimum absolute atomic E-state index is 0.186. The molecule has 0 saturated carbocycles. The lowest BCUT2D eigenvalue weighted by molar-refractivity contribution is -0.137. The largest absolute Gasteiger partial charge is 0.416 e. The number of nitrogens with zero attached hydrogens (tertiary/aromatic N) is 2. The maximum absolute atomic E-state index is 13.1. The van der Waals surface area contributed by atoms with E-state index in [1.165, 1.54) is 30.9 Å². The topological polar surface area (TPSA) is 76.4 Å². The van der Waals surface area contributed by atoms with Crippen molar-refractivity contribution in [3.8, 4) is 6.07 Å². The number of likely N-dealkylation sites (N-methyl/N-ethyl adjacent to an activating group) is 1. The van der Waals surface area contributed by atoms with Gasteiger partial charge in [-0.3, -0.25) is 4.79 Å². The number of alkyl halides is 3. The van der Waals surface area contributed by atoms with Crippen molar-refractivity contribution < 1.29 is 23.2 Å². The molecule has 0 aliphatic heterocycles. The van der Waals surface area contributed by atoms with Crippen LogP contribution in [-0.4, -0.2) is 29.4 Å². The maximum Gasteiger partial charge on any atom is 0.416 e. The Balaban J connectivity index is 2.07. The maximum atomic E-state index is 13.1. The van der Waals surface area contributed by atoms with E-state index >= 15 is 0 Å². The Bertz CT molecular complexity index is 1070. The Hall–Kier alpha value is -2.80. The summed E-state index contributed by atoms with van der Waals surface area (Å²) in [7, 11) is 1.41. The van der Waals surface area contributed by atoms with Gasteiger partial charge in [0.1, 0.15) is 0 Å². The van der Waals surface area contributed by atoms with Crippen molar-refractivity contribution in [2.75, 3.05) is 18.6 Å². The third-order valence-corrected chi connectivity index (χ3v) is 5.81. The molecule has 0 spiro atoms. The summed E-state index contributed by atoms with van der Waals surface area (Å²) in [6.07, 6.45) is -2.16. The van der Waals surface area contributed by atoms with Crippen LogP contribution in [0.3, 0.4) is 0 Å². The third kappa shape index (κ3) is 4.93. The van der Waals surface area contributed by atoms with Gasteiger partial charge in [-0.1, -0.05) is 12.1 Å². The molecule has 1 unspecified atom stereocenters. The monoisotopic (exact) mass is 447 g/mol. The lowest BCUT2D eigenvalue weighted by atomic mass is 9.95.